The van der Waals surface area contributed by atoms with Gasteiger partial charge >= 0.3 is 0 Å². The number of hydrogen-bond acceptors (Lipinski definition) is 4. The number of methoxy groups -OCH3 is 1. The molecule has 0 spiro atoms. The summed E-state index contributed by atoms with van der Waals surface area (Å²) in [5.41, 5.74) is 0. The number of nitrogens with zero attached hydrogens (tertiary/aromatic N) is 1. The van der Waals surface area contributed by atoms with Crippen molar-refractivity contribution in [3.8, 4) is 0 Å². The van der Waals surface area contributed by atoms with Crippen molar-refractivity contribution in [2.24, 2.45) is 5.92 Å². The third kappa shape index (κ3) is 4.69. The molecule has 0 aromatic rings. The fourth-order valence-electron chi connectivity index (χ4n) is 3.24. The van der Waals surface area contributed by atoms with Crippen molar-refractivity contribution in [1.29, 1.82) is 0 Å². The summed E-state index contributed by atoms with van der Waals surface area (Å²) in [6.07, 6.45) is 6.32. The Labute approximate surface area is 123 Å². The van der Waals surface area contributed by atoms with Gasteiger partial charge in [-0.05, 0) is 44.6 Å². The van der Waals surface area contributed by atoms with Crippen molar-refractivity contribution in [3.05, 3.63) is 0 Å². The zero-order chi connectivity index (χ0) is 14.4. The van der Waals surface area contributed by atoms with Gasteiger partial charge in [0.2, 0.25) is 10.0 Å². The van der Waals surface area contributed by atoms with Gasteiger partial charge in [-0.25, -0.2) is 12.7 Å². The maximum atomic E-state index is 12.4. The van der Waals surface area contributed by atoms with E-state index in [0.717, 1.165) is 32.2 Å². The number of hydrogen-bond donors (Lipinski definition) is 1. The molecular formula is C14H28N2O3S. The van der Waals surface area contributed by atoms with Gasteiger partial charge < -0.3 is 10.1 Å². The lowest BCUT2D eigenvalue weighted by Crippen LogP contribution is -2.43. The maximum Gasteiger partial charge on any atom is 0.214 e. The molecule has 0 amide bonds. The first kappa shape index (κ1) is 16.2. The molecule has 118 valence electrons. The van der Waals surface area contributed by atoms with Crippen LogP contribution < -0.4 is 5.32 Å². The highest BCUT2D eigenvalue weighted by Gasteiger charge is 2.29. The zero-order valence-electron chi connectivity index (χ0n) is 12.5. The molecule has 1 N–H and O–H groups in total. The molecule has 5 nitrogen and oxygen atoms in total. The van der Waals surface area contributed by atoms with Crippen LogP contribution in [0, 0.1) is 5.92 Å². The van der Waals surface area contributed by atoms with Crippen molar-refractivity contribution in [3.63, 3.8) is 0 Å². The summed E-state index contributed by atoms with van der Waals surface area (Å²) in [7, 11) is -1.41. The average molecular weight is 304 g/mol. The minimum atomic E-state index is -3.10. The van der Waals surface area contributed by atoms with Gasteiger partial charge in [0.15, 0.2) is 0 Å². The Bertz CT molecular complexity index is 378. The van der Waals surface area contributed by atoms with E-state index in [1.165, 1.54) is 12.8 Å². The summed E-state index contributed by atoms with van der Waals surface area (Å²) in [4.78, 5) is 0. The second-order valence-corrected chi connectivity index (χ2v) is 8.16. The Morgan fingerprint density at radius 1 is 1.25 bits per heavy atom. The normalized spacial score (nSPS) is 29.4. The molecule has 20 heavy (non-hydrogen) atoms. The Morgan fingerprint density at radius 2 is 2.10 bits per heavy atom. The minimum Gasteiger partial charge on any atom is -0.384 e. The lowest BCUT2D eigenvalue weighted by atomic mass is 10.0. The summed E-state index contributed by atoms with van der Waals surface area (Å²) in [5, 5.41) is 3.42. The molecule has 0 aromatic carbocycles. The van der Waals surface area contributed by atoms with Crippen molar-refractivity contribution in [1.82, 2.24) is 9.62 Å². The van der Waals surface area contributed by atoms with E-state index in [-0.39, 0.29) is 5.75 Å². The standard InChI is InChI=1S/C14H28N2O3S/c1-19-12-13-5-4-9-16(11-13)20(17,18)10-7-14-6-2-3-8-15-14/h13-15H,2-12H2,1H3. The molecule has 0 aliphatic carbocycles. The Kier molecular flexibility index (Phi) is 6.26. The molecule has 2 unspecified atom stereocenters. The molecule has 2 atom stereocenters. The first-order valence-corrected chi connectivity index (χ1v) is 9.43. The lowest BCUT2D eigenvalue weighted by Gasteiger charge is -2.32. The van der Waals surface area contributed by atoms with Crippen LogP contribution in [-0.2, 0) is 14.8 Å². The Hall–Kier alpha value is -0.170. The summed E-state index contributed by atoms with van der Waals surface area (Å²) in [5.74, 6) is 0.640. The van der Waals surface area contributed by atoms with E-state index in [9.17, 15) is 8.42 Å². The predicted octanol–water partition coefficient (Wildman–Crippen LogP) is 1.21. The monoisotopic (exact) mass is 304 g/mol. The van der Waals surface area contributed by atoms with Crippen molar-refractivity contribution >= 4 is 10.0 Å². The van der Waals surface area contributed by atoms with Crippen LogP contribution in [0.15, 0.2) is 0 Å². The first-order chi connectivity index (χ1) is 9.62. The van der Waals surface area contributed by atoms with Gasteiger partial charge in [-0.3, -0.25) is 0 Å². The zero-order valence-corrected chi connectivity index (χ0v) is 13.3. The fraction of sp³-hybridized carbons (Fsp3) is 1.00. The highest BCUT2D eigenvalue weighted by Crippen LogP contribution is 2.21. The fourth-order valence-corrected chi connectivity index (χ4v) is 4.93. The summed E-state index contributed by atoms with van der Waals surface area (Å²) in [6, 6.07) is 0.387. The van der Waals surface area contributed by atoms with E-state index < -0.39 is 10.0 Å². The van der Waals surface area contributed by atoms with E-state index in [2.05, 4.69) is 5.32 Å². The van der Waals surface area contributed by atoms with Gasteiger partial charge in [0.05, 0.1) is 12.4 Å². The first-order valence-electron chi connectivity index (χ1n) is 7.82. The topological polar surface area (TPSA) is 58.6 Å². The number of nitrogens with one attached hydrogen (secondary N) is 1. The van der Waals surface area contributed by atoms with E-state index in [0.29, 0.717) is 31.7 Å². The molecule has 2 aliphatic rings. The molecule has 2 rings (SSSR count). The Morgan fingerprint density at radius 3 is 2.80 bits per heavy atom. The third-order valence-corrected chi connectivity index (χ3v) is 6.28. The minimum absolute atomic E-state index is 0.282. The molecule has 2 aliphatic heterocycles. The molecule has 0 radical (unpaired) electrons. The smallest absolute Gasteiger partial charge is 0.214 e. The van der Waals surface area contributed by atoms with Gasteiger partial charge in [0.1, 0.15) is 0 Å². The quantitative estimate of drug-likeness (QED) is 0.801. The van der Waals surface area contributed by atoms with E-state index in [1.54, 1.807) is 11.4 Å². The van der Waals surface area contributed by atoms with Gasteiger partial charge in [-0.15, -0.1) is 0 Å². The largest absolute Gasteiger partial charge is 0.384 e. The average Bonchev–Trinajstić information content (AvgIpc) is 2.47. The number of ether oxygens (including phenoxy) is 1. The molecule has 0 saturated carbocycles. The van der Waals surface area contributed by atoms with Gasteiger partial charge in [0.25, 0.3) is 0 Å². The van der Waals surface area contributed by atoms with Crippen molar-refractivity contribution < 1.29 is 13.2 Å². The summed E-state index contributed by atoms with van der Waals surface area (Å²) >= 11 is 0. The predicted molar refractivity (Wildman–Crippen MR) is 80.2 cm³/mol. The van der Waals surface area contributed by atoms with Crippen LogP contribution in [0.1, 0.15) is 38.5 Å². The van der Waals surface area contributed by atoms with Crippen LogP contribution in [0.2, 0.25) is 0 Å². The SMILES string of the molecule is COCC1CCCN(S(=O)(=O)CCC2CCCCN2)C1. The molecule has 6 heteroatoms. The van der Waals surface area contributed by atoms with Crippen LogP contribution in [0.25, 0.3) is 0 Å². The van der Waals surface area contributed by atoms with Crippen LogP contribution in [0.5, 0.6) is 0 Å². The summed E-state index contributed by atoms with van der Waals surface area (Å²) in [6.45, 7) is 3.01. The van der Waals surface area contributed by atoms with E-state index in [1.807, 2.05) is 0 Å². The van der Waals surface area contributed by atoms with Crippen LogP contribution in [0.4, 0.5) is 0 Å². The highest BCUT2D eigenvalue weighted by atomic mass is 32.2. The second-order valence-electron chi connectivity index (χ2n) is 6.07. The molecule has 0 aromatic heterocycles. The van der Waals surface area contributed by atoms with Gasteiger partial charge in [0, 0.05) is 26.2 Å². The van der Waals surface area contributed by atoms with Crippen molar-refractivity contribution in [2.45, 2.75) is 44.6 Å². The molecule has 2 fully saturated rings. The van der Waals surface area contributed by atoms with Crippen LogP contribution >= 0.6 is 0 Å². The lowest BCUT2D eigenvalue weighted by molar-refractivity contribution is 0.118. The molecule has 2 heterocycles. The summed E-state index contributed by atoms with van der Waals surface area (Å²) < 4.78 is 31.7. The van der Waals surface area contributed by atoms with E-state index in [4.69, 9.17) is 4.74 Å². The number of sulfonamides is 1. The van der Waals surface area contributed by atoms with Crippen molar-refractivity contribution in [2.75, 3.05) is 39.1 Å². The molecule has 2 saturated heterocycles. The molecule has 0 bridgehead atoms. The number of rotatable bonds is 6. The third-order valence-electron chi connectivity index (χ3n) is 4.41. The number of piperidine rings is 2. The van der Waals surface area contributed by atoms with E-state index >= 15 is 0 Å². The van der Waals surface area contributed by atoms with Crippen LogP contribution in [0.3, 0.4) is 0 Å². The van der Waals surface area contributed by atoms with Crippen LogP contribution in [-0.4, -0.2) is 57.9 Å². The second kappa shape index (κ2) is 7.73. The van der Waals surface area contributed by atoms with Gasteiger partial charge in [-0.2, -0.15) is 0 Å². The maximum absolute atomic E-state index is 12.4. The Balaban J connectivity index is 1.82. The molecular weight excluding hydrogens is 276 g/mol. The van der Waals surface area contributed by atoms with Gasteiger partial charge in [-0.1, -0.05) is 6.42 Å². The highest BCUT2D eigenvalue weighted by molar-refractivity contribution is 7.89.